The Morgan fingerprint density at radius 3 is 2.58 bits per heavy atom. The number of aryl methyl sites for hydroxylation is 4. The van der Waals surface area contributed by atoms with Crippen molar-refractivity contribution in [1.82, 2.24) is 14.8 Å². The topological polar surface area (TPSA) is 59.8 Å². The fourth-order valence-electron chi connectivity index (χ4n) is 2.67. The molecule has 0 unspecified atom stereocenters. The zero-order valence-electron chi connectivity index (χ0n) is 15.2. The minimum absolute atomic E-state index is 0.0266. The summed E-state index contributed by atoms with van der Waals surface area (Å²) >= 11 is 1.54. The molecule has 1 amide bonds. The molecule has 134 valence electrons. The fourth-order valence-corrected chi connectivity index (χ4v) is 3.44. The van der Waals surface area contributed by atoms with Crippen LogP contribution in [0.3, 0.4) is 0 Å². The smallest absolute Gasteiger partial charge is 0.224 e. The third kappa shape index (κ3) is 4.73. The highest BCUT2D eigenvalue weighted by Gasteiger charge is 2.07. The molecule has 0 radical (unpaired) electrons. The second-order valence-electron chi connectivity index (χ2n) is 6.33. The van der Waals surface area contributed by atoms with E-state index in [1.165, 1.54) is 28.5 Å². The zero-order chi connectivity index (χ0) is 18.5. The number of carbonyl (C=O) groups is 1. The van der Waals surface area contributed by atoms with Crippen LogP contribution in [0, 0.1) is 13.8 Å². The maximum Gasteiger partial charge on any atom is 0.224 e. The summed E-state index contributed by atoms with van der Waals surface area (Å²) in [4.78, 5) is 13.3. The number of carbonyl (C=O) groups excluding carboxylic acids is 1. The molecule has 3 aromatic rings. The molecule has 1 N–H and O–H groups in total. The van der Waals surface area contributed by atoms with Crippen molar-refractivity contribution < 1.29 is 4.79 Å². The number of hydrogen-bond donors (Lipinski definition) is 1. The molecule has 2 aromatic carbocycles. The fraction of sp³-hybridized carbons (Fsp3) is 0.250. The van der Waals surface area contributed by atoms with Crippen LogP contribution in [0.15, 0.2) is 58.8 Å². The summed E-state index contributed by atoms with van der Waals surface area (Å²) in [6.07, 6.45) is 2.89. The van der Waals surface area contributed by atoms with E-state index in [4.69, 9.17) is 0 Å². The predicted molar refractivity (Wildman–Crippen MR) is 104 cm³/mol. The van der Waals surface area contributed by atoms with E-state index in [1.54, 1.807) is 6.33 Å². The van der Waals surface area contributed by atoms with E-state index in [1.807, 2.05) is 35.9 Å². The molecule has 0 aliphatic rings. The van der Waals surface area contributed by atoms with Crippen molar-refractivity contribution in [1.29, 1.82) is 0 Å². The van der Waals surface area contributed by atoms with Crippen LogP contribution >= 0.6 is 11.8 Å². The van der Waals surface area contributed by atoms with Crippen molar-refractivity contribution in [3.05, 3.63) is 65.5 Å². The first-order valence-electron chi connectivity index (χ1n) is 8.49. The minimum atomic E-state index is 0.0266. The number of aromatic nitrogens is 3. The number of anilines is 1. The summed E-state index contributed by atoms with van der Waals surface area (Å²) in [5.41, 5.74) is 4.51. The SMILES string of the molecule is Cc1ccc(CCC(=O)Nc2ccc(Sc3nncn3C)cc2)c(C)c1. The highest BCUT2D eigenvalue weighted by molar-refractivity contribution is 7.99. The Labute approximate surface area is 157 Å². The number of hydrogen-bond acceptors (Lipinski definition) is 4. The van der Waals surface area contributed by atoms with E-state index in [-0.39, 0.29) is 5.91 Å². The molecule has 1 heterocycles. The predicted octanol–water partition coefficient (Wildman–Crippen LogP) is 4.15. The lowest BCUT2D eigenvalue weighted by molar-refractivity contribution is -0.116. The molecular weight excluding hydrogens is 344 g/mol. The summed E-state index contributed by atoms with van der Waals surface area (Å²) in [5.74, 6) is 0.0266. The van der Waals surface area contributed by atoms with E-state index in [2.05, 4.69) is 47.6 Å². The van der Waals surface area contributed by atoms with Crippen LogP contribution < -0.4 is 5.32 Å². The summed E-state index contributed by atoms with van der Waals surface area (Å²) in [6, 6.07) is 14.1. The number of nitrogens with zero attached hydrogens (tertiary/aromatic N) is 3. The molecule has 0 aliphatic heterocycles. The molecule has 0 aliphatic carbocycles. The van der Waals surface area contributed by atoms with Crippen molar-refractivity contribution >= 4 is 23.4 Å². The van der Waals surface area contributed by atoms with Crippen molar-refractivity contribution in [2.24, 2.45) is 7.05 Å². The van der Waals surface area contributed by atoms with Gasteiger partial charge in [0.15, 0.2) is 5.16 Å². The molecule has 0 saturated heterocycles. The zero-order valence-corrected chi connectivity index (χ0v) is 16.0. The summed E-state index contributed by atoms with van der Waals surface area (Å²) in [5, 5.41) is 11.7. The summed E-state index contributed by atoms with van der Waals surface area (Å²) in [6.45, 7) is 4.17. The third-order valence-corrected chi connectivity index (χ3v) is 5.20. The van der Waals surface area contributed by atoms with Crippen molar-refractivity contribution in [2.45, 2.75) is 36.7 Å². The molecule has 26 heavy (non-hydrogen) atoms. The Bertz CT molecular complexity index is 902. The maximum absolute atomic E-state index is 12.2. The van der Waals surface area contributed by atoms with Gasteiger partial charge in [-0.3, -0.25) is 4.79 Å². The lowest BCUT2D eigenvalue weighted by Gasteiger charge is -2.08. The van der Waals surface area contributed by atoms with Gasteiger partial charge >= 0.3 is 0 Å². The van der Waals surface area contributed by atoms with E-state index < -0.39 is 0 Å². The van der Waals surface area contributed by atoms with Crippen LogP contribution in [0.25, 0.3) is 0 Å². The van der Waals surface area contributed by atoms with Crippen LogP contribution in [0.4, 0.5) is 5.69 Å². The standard InChI is InChI=1S/C20H22N4OS/c1-14-4-5-16(15(2)12-14)6-11-19(25)22-17-7-9-18(10-8-17)26-20-23-21-13-24(20)3/h4-5,7-10,12-13H,6,11H2,1-3H3,(H,22,25). The molecule has 1 aromatic heterocycles. The van der Waals surface area contributed by atoms with Gasteiger partial charge in [-0.1, -0.05) is 23.8 Å². The van der Waals surface area contributed by atoms with Gasteiger partial charge in [0, 0.05) is 24.1 Å². The van der Waals surface area contributed by atoms with Gasteiger partial charge in [0.2, 0.25) is 5.91 Å². The van der Waals surface area contributed by atoms with Gasteiger partial charge in [-0.15, -0.1) is 10.2 Å². The second-order valence-corrected chi connectivity index (χ2v) is 7.37. The number of amides is 1. The van der Waals surface area contributed by atoms with Gasteiger partial charge in [0.05, 0.1) is 0 Å². The van der Waals surface area contributed by atoms with Crippen molar-refractivity contribution in [3.8, 4) is 0 Å². The van der Waals surface area contributed by atoms with Crippen LogP contribution in [0.1, 0.15) is 23.1 Å². The van der Waals surface area contributed by atoms with Gasteiger partial charge in [0.1, 0.15) is 6.33 Å². The van der Waals surface area contributed by atoms with E-state index in [0.29, 0.717) is 6.42 Å². The Hall–Kier alpha value is -2.60. The molecule has 3 rings (SSSR count). The molecule has 0 spiro atoms. The van der Waals surface area contributed by atoms with Gasteiger partial charge in [-0.25, -0.2) is 0 Å². The molecular formula is C20H22N4OS. The third-order valence-electron chi connectivity index (χ3n) is 4.14. The van der Waals surface area contributed by atoms with Gasteiger partial charge in [-0.05, 0) is 67.4 Å². The van der Waals surface area contributed by atoms with E-state index in [9.17, 15) is 4.79 Å². The quantitative estimate of drug-likeness (QED) is 0.712. The van der Waals surface area contributed by atoms with E-state index in [0.717, 1.165) is 22.2 Å². The Morgan fingerprint density at radius 1 is 1.15 bits per heavy atom. The average Bonchev–Trinajstić information content (AvgIpc) is 3.01. The first-order chi connectivity index (χ1) is 12.5. The van der Waals surface area contributed by atoms with Crippen LogP contribution in [0.2, 0.25) is 0 Å². The van der Waals surface area contributed by atoms with Crippen molar-refractivity contribution in [3.63, 3.8) is 0 Å². The Kier molecular flexibility index (Phi) is 5.73. The Morgan fingerprint density at radius 2 is 1.92 bits per heavy atom. The summed E-state index contributed by atoms with van der Waals surface area (Å²) in [7, 11) is 1.91. The summed E-state index contributed by atoms with van der Waals surface area (Å²) < 4.78 is 1.87. The number of benzene rings is 2. The molecule has 6 heteroatoms. The van der Waals surface area contributed by atoms with Crippen molar-refractivity contribution in [2.75, 3.05) is 5.32 Å². The van der Waals surface area contributed by atoms with Crippen LogP contribution in [0.5, 0.6) is 0 Å². The average molecular weight is 366 g/mol. The maximum atomic E-state index is 12.2. The minimum Gasteiger partial charge on any atom is -0.326 e. The first kappa shape index (κ1) is 18.2. The molecule has 0 fully saturated rings. The van der Waals surface area contributed by atoms with Crippen LogP contribution in [-0.4, -0.2) is 20.7 Å². The largest absolute Gasteiger partial charge is 0.326 e. The van der Waals surface area contributed by atoms with E-state index >= 15 is 0 Å². The monoisotopic (exact) mass is 366 g/mol. The number of nitrogens with one attached hydrogen (secondary N) is 1. The number of rotatable bonds is 6. The highest BCUT2D eigenvalue weighted by Crippen LogP contribution is 2.26. The molecule has 5 nitrogen and oxygen atoms in total. The molecule has 0 bridgehead atoms. The highest BCUT2D eigenvalue weighted by atomic mass is 32.2. The van der Waals surface area contributed by atoms with Gasteiger partial charge < -0.3 is 9.88 Å². The van der Waals surface area contributed by atoms with Crippen LogP contribution in [-0.2, 0) is 18.3 Å². The second kappa shape index (κ2) is 8.19. The van der Waals surface area contributed by atoms with Gasteiger partial charge in [0.25, 0.3) is 0 Å². The lowest BCUT2D eigenvalue weighted by Crippen LogP contribution is -2.12. The normalized spacial score (nSPS) is 10.7. The lowest BCUT2D eigenvalue weighted by atomic mass is 10.0. The van der Waals surface area contributed by atoms with Gasteiger partial charge in [-0.2, -0.15) is 0 Å². The molecule has 0 atom stereocenters. The molecule has 0 saturated carbocycles. The Balaban J connectivity index is 1.53. The first-order valence-corrected chi connectivity index (χ1v) is 9.31.